The van der Waals surface area contributed by atoms with Gasteiger partial charge in [0.05, 0.1) is 10.6 Å². The number of amides is 1. The molecule has 18 heavy (non-hydrogen) atoms. The van der Waals surface area contributed by atoms with Crippen molar-refractivity contribution in [1.29, 1.82) is 0 Å². The summed E-state index contributed by atoms with van der Waals surface area (Å²) in [5.74, 6) is -0.152. The summed E-state index contributed by atoms with van der Waals surface area (Å²) in [6.07, 6.45) is 0. The van der Waals surface area contributed by atoms with Crippen LogP contribution in [0.15, 0.2) is 18.2 Å². The number of hydrogen-bond donors (Lipinski definition) is 0. The molecule has 0 radical (unpaired) electrons. The van der Waals surface area contributed by atoms with Crippen LogP contribution >= 0.6 is 0 Å². The van der Waals surface area contributed by atoms with Crippen molar-refractivity contribution in [3.05, 3.63) is 33.9 Å². The van der Waals surface area contributed by atoms with Gasteiger partial charge in [-0.3, -0.25) is 14.9 Å². The topological polar surface area (TPSA) is 63.5 Å². The second-order valence-corrected chi connectivity index (χ2v) is 5.29. The molecule has 0 aliphatic heterocycles. The lowest BCUT2D eigenvalue weighted by molar-refractivity contribution is -0.384. The molecular weight excluding hydrogens is 232 g/mol. The highest BCUT2D eigenvalue weighted by Crippen LogP contribution is 2.34. The minimum absolute atomic E-state index is 0.00824. The molecule has 0 aliphatic carbocycles. The van der Waals surface area contributed by atoms with Gasteiger partial charge < -0.3 is 4.90 Å². The van der Waals surface area contributed by atoms with E-state index < -0.39 is 4.92 Å². The zero-order chi connectivity index (χ0) is 14.1. The Labute approximate surface area is 107 Å². The predicted octanol–water partition coefficient (Wildman–Crippen LogP) is 2.88. The van der Waals surface area contributed by atoms with Gasteiger partial charge in [-0.25, -0.2) is 0 Å². The van der Waals surface area contributed by atoms with Crippen molar-refractivity contribution in [1.82, 2.24) is 0 Å². The second-order valence-electron chi connectivity index (χ2n) is 5.29. The Morgan fingerprint density at radius 2 is 1.89 bits per heavy atom. The third kappa shape index (κ3) is 2.85. The third-order valence-electron chi connectivity index (χ3n) is 2.83. The van der Waals surface area contributed by atoms with E-state index in [9.17, 15) is 14.9 Å². The minimum Gasteiger partial charge on any atom is -0.315 e. The molecule has 0 atom stereocenters. The van der Waals surface area contributed by atoms with Crippen molar-refractivity contribution in [3.63, 3.8) is 0 Å². The number of rotatable bonds is 2. The largest absolute Gasteiger partial charge is 0.315 e. The molecule has 1 aromatic rings. The first-order valence-corrected chi connectivity index (χ1v) is 5.68. The lowest BCUT2D eigenvalue weighted by Crippen LogP contribution is -2.27. The zero-order valence-electron chi connectivity index (χ0n) is 11.4. The Bertz CT molecular complexity index is 489. The summed E-state index contributed by atoms with van der Waals surface area (Å²) in [4.78, 5) is 23.3. The van der Waals surface area contributed by atoms with E-state index in [1.54, 1.807) is 13.1 Å². The van der Waals surface area contributed by atoms with Crippen LogP contribution in [-0.2, 0) is 10.2 Å². The molecular formula is C13H18N2O3. The molecule has 1 amide bonds. The SMILES string of the molecule is CC(=O)N(C)c1cc([N+](=O)[O-])ccc1C(C)(C)C. The maximum absolute atomic E-state index is 11.5. The van der Waals surface area contributed by atoms with Crippen molar-refractivity contribution in [2.24, 2.45) is 0 Å². The first kappa shape index (κ1) is 14.2. The summed E-state index contributed by atoms with van der Waals surface area (Å²) in [5, 5.41) is 10.8. The molecule has 0 N–H and O–H groups in total. The molecule has 0 unspecified atom stereocenters. The smallest absolute Gasteiger partial charge is 0.271 e. The number of non-ortho nitro benzene ring substituents is 1. The maximum Gasteiger partial charge on any atom is 0.271 e. The molecule has 0 spiro atoms. The molecule has 1 aromatic carbocycles. The van der Waals surface area contributed by atoms with Gasteiger partial charge in [-0.1, -0.05) is 20.8 Å². The summed E-state index contributed by atoms with van der Waals surface area (Å²) in [6.45, 7) is 7.45. The normalized spacial score (nSPS) is 11.2. The third-order valence-corrected chi connectivity index (χ3v) is 2.83. The number of carbonyl (C=O) groups is 1. The molecule has 98 valence electrons. The van der Waals surface area contributed by atoms with E-state index in [-0.39, 0.29) is 17.0 Å². The lowest BCUT2D eigenvalue weighted by atomic mass is 9.85. The number of nitro groups is 1. The maximum atomic E-state index is 11.5. The average molecular weight is 250 g/mol. The van der Waals surface area contributed by atoms with E-state index in [0.717, 1.165) is 5.56 Å². The standard InChI is InChI=1S/C13H18N2O3/c1-9(16)14(5)12-8-10(15(17)18)6-7-11(12)13(2,3)4/h6-8H,1-5H3. The Kier molecular flexibility index (Phi) is 3.74. The molecule has 5 nitrogen and oxygen atoms in total. The van der Waals surface area contributed by atoms with Crippen molar-refractivity contribution >= 4 is 17.3 Å². The molecule has 5 heteroatoms. The minimum atomic E-state index is -0.454. The number of benzene rings is 1. The molecule has 0 saturated heterocycles. The Morgan fingerprint density at radius 1 is 1.33 bits per heavy atom. The van der Waals surface area contributed by atoms with E-state index in [0.29, 0.717) is 5.69 Å². The van der Waals surface area contributed by atoms with Gasteiger partial charge in [0.15, 0.2) is 0 Å². The molecule has 0 fully saturated rings. The first-order valence-electron chi connectivity index (χ1n) is 5.68. The highest BCUT2D eigenvalue weighted by atomic mass is 16.6. The van der Waals surface area contributed by atoms with E-state index in [1.165, 1.54) is 24.0 Å². The number of nitro benzene ring substituents is 1. The van der Waals surface area contributed by atoms with Crippen molar-refractivity contribution in [2.45, 2.75) is 33.1 Å². The molecule has 0 aliphatic rings. The van der Waals surface area contributed by atoms with Crippen LogP contribution in [0.25, 0.3) is 0 Å². The second kappa shape index (κ2) is 4.76. The molecule has 0 aromatic heterocycles. The summed E-state index contributed by atoms with van der Waals surface area (Å²) >= 11 is 0. The van der Waals surface area contributed by atoms with Gasteiger partial charge in [0.25, 0.3) is 5.69 Å². The fourth-order valence-corrected chi connectivity index (χ4v) is 1.71. The van der Waals surface area contributed by atoms with Gasteiger partial charge in [0, 0.05) is 26.1 Å². The Balaban J connectivity index is 3.45. The number of carbonyl (C=O) groups excluding carboxylic acids is 1. The van der Waals surface area contributed by atoms with E-state index >= 15 is 0 Å². The van der Waals surface area contributed by atoms with Crippen LogP contribution in [0.1, 0.15) is 33.3 Å². The van der Waals surface area contributed by atoms with E-state index in [4.69, 9.17) is 0 Å². The lowest BCUT2D eigenvalue weighted by Gasteiger charge is -2.26. The quantitative estimate of drug-likeness (QED) is 0.599. The van der Waals surface area contributed by atoms with Gasteiger partial charge in [-0.2, -0.15) is 0 Å². The van der Waals surface area contributed by atoms with Crippen LogP contribution in [0.2, 0.25) is 0 Å². The highest BCUT2D eigenvalue weighted by Gasteiger charge is 2.23. The Morgan fingerprint density at radius 3 is 2.28 bits per heavy atom. The van der Waals surface area contributed by atoms with Gasteiger partial charge in [-0.05, 0) is 17.0 Å². The summed E-state index contributed by atoms with van der Waals surface area (Å²) < 4.78 is 0. The summed E-state index contributed by atoms with van der Waals surface area (Å²) in [6, 6.07) is 4.63. The number of anilines is 1. The monoisotopic (exact) mass is 250 g/mol. The van der Waals surface area contributed by atoms with Crippen molar-refractivity contribution in [3.8, 4) is 0 Å². The van der Waals surface area contributed by atoms with Gasteiger partial charge in [0.2, 0.25) is 5.91 Å². The fourth-order valence-electron chi connectivity index (χ4n) is 1.71. The molecule has 0 bridgehead atoms. The first-order chi connectivity index (χ1) is 8.14. The average Bonchev–Trinajstić information content (AvgIpc) is 2.25. The number of hydrogen-bond acceptors (Lipinski definition) is 3. The molecule has 0 heterocycles. The number of nitrogens with zero attached hydrogens (tertiary/aromatic N) is 2. The van der Waals surface area contributed by atoms with Gasteiger partial charge >= 0.3 is 0 Å². The highest BCUT2D eigenvalue weighted by molar-refractivity contribution is 5.92. The summed E-state index contributed by atoms with van der Waals surface area (Å²) in [7, 11) is 1.62. The van der Waals surface area contributed by atoms with Crippen LogP contribution < -0.4 is 4.90 Å². The van der Waals surface area contributed by atoms with Crippen LogP contribution in [0.3, 0.4) is 0 Å². The van der Waals surface area contributed by atoms with Crippen LogP contribution in [0, 0.1) is 10.1 Å². The van der Waals surface area contributed by atoms with Crippen molar-refractivity contribution < 1.29 is 9.72 Å². The molecule has 1 rings (SSSR count). The van der Waals surface area contributed by atoms with Crippen LogP contribution in [-0.4, -0.2) is 17.9 Å². The zero-order valence-corrected chi connectivity index (χ0v) is 11.4. The van der Waals surface area contributed by atoms with Gasteiger partial charge in [-0.15, -0.1) is 0 Å². The van der Waals surface area contributed by atoms with Gasteiger partial charge in [0.1, 0.15) is 0 Å². The Hall–Kier alpha value is -1.91. The predicted molar refractivity (Wildman–Crippen MR) is 70.9 cm³/mol. The molecule has 0 saturated carbocycles. The summed E-state index contributed by atoms with van der Waals surface area (Å²) in [5.41, 5.74) is 1.30. The fraction of sp³-hybridized carbons (Fsp3) is 0.462. The van der Waals surface area contributed by atoms with E-state index in [1.807, 2.05) is 20.8 Å². The van der Waals surface area contributed by atoms with Crippen LogP contribution in [0.5, 0.6) is 0 Å². The van der Waals surface area contributed by atoms with Crippen molar-refractivity contribution in [2.75, 3.05) is 11.9 Å². The van der Waals surface area contributed by atoms with E-state index in [2.05, 4.69) is 0 Å². The van der Waals surface area contributed by atoms with Crippen LogP contribution in [0.4, 0.5) is 11.4 Å².